The predicted octanol–water partition coefficient (Wildman–Crippen LogP) is 3.40. The van der Waals surface area contributed by atoms with E-state index in [2.05, 4.69) is 26.8 Å². The van der Waals surface area contributed by atoms with Crippen molar-refractivity contribution >= 4 is 11.3 Å². The lowest BCUT2D eigenvalue weighted by Gasteiger charge is -2.33. The monoisotopic (exact) mass is 237 g/mol. The van der Waals surface area contributed by atoms with E-state index in [4.69, 9.17) is 5.73 Å². The number of hydrogen-bond donors (Lipinski definition) is 1. The number of nitrogens with two attached hydrogens (primary N) is 1. The van der Waals surface area contributed by atoms with Gasteiger partial charge in [0.2, 0.25) is 0 Å². The molecular formula is C14H23NS. The highest BCUT2D eigenvalue weighted by Gasteiger charge is 2.29. The highest BCUT2D eigenvalue weighted by molar-refractivity contribution is 7.12. The molecule has 16 heavy (non-hydrogen) atoms. The van der Waals surface area contributed by atoms with Crippen LogP contribution in [0.4, 0.5) is 0 Å². The van der Waals surface area contributed by atoms with Gasteiger partial charge in [0.15, 0.2) is 0 Å². The smallest absolute Gasteiger partial charge is 0.00803 e. The van der Waals surface area contributed by atoms with Gasteiger partial charge >= 0.3 is 0 Å². The van der Waals surface area contributed by atoms with Crippen LogP contribution in [0, 0.1) is 11.3 Å². The molecule has 90 valence electrons. The van der Waals surface area contributed by atoms with Crippen LogP contribution < -0.4 is 5.73 Å². The van der Waals surface area contributed by atoms with Crippen molar-refractivity contribution in [3.8, 4) is 0 Å². The largest absolute Gasteiger partial charge is 0.330 e. The zero-order valence-electron chi connectivity index (χ0n) is 10.7. The second kappa shape index (κ2) is 4.50. The van der Waals surface area contributed by atoms with E-state index in [1.807, 2.05) is 11.3 Å². The van der Waals surface area contributed by atoms with Crippen LogP contribution in [0.5, 0.6) is 0 Å². The summed E-state index contributed by atoms with van der Waals surface area (Å²) in [6.07, 6.45) is 4.98. The lowest BCUT2D eigenvalue weighted by atomic mass is 9.72. The maximum Gasteiger partial charge on any atom is 0.00803 e. The minimum Gasteiger partial charge on any atom is -0.330 e. The van der Waals surface area contributed by atoms with Crippen molar-refractivity contribution in [1.82, 2.24) is 0 Å². The van der Waals surface area contributed by atoms with Gasteiger partial charge in [0, 0.05) is 9.75 Å². The Balaban J connectivity index is 2.14. The van der Waals surface area contributed by atoms with Crippen molar-refractivity contribution in [2.45, 2.75) is 46.5 Å². The fourth-order valence-electron chi connectivity index (χ4n) is 2.59. The van der Waals surface area contributed by atoms with Gasteiger partial charge < -0.3 is 5.73 Å². The molecule has 2 N–H and O–H groups in total. The molecule has 0 saturated heterocycles. The molecule has 0 radical (unpaired) electrons. The van der Waals surface area contributed by atoms with Gasteiger partial charge in [-0.1, -0.05) is 20.8 Å². The molecule has 0 aliphatic heterocycles. The maximum atomic E-state index is 5.62. The van der Waals surface area contributed by atoms with Crippen LogP contribution in [-0.2, 0) is 19.3 Å². The molecule has 2 rings (SSSR count). The van der Waals surface area contributed by atoms with Crippen molar-refractivity contribution in [3.05, 3.63) is 21.4 Å². The Kier molecular flexibility index (Phi) is 3.41. The first-order valence-electron chi connectivity index (χ1n) is 6.31. The lowest BCUT2D eigenvalue weighted by molar-refractivity contribution is 0.217. The van der Waals surface area contributed by atoms with E-state index in [9.17, 15) is 0 Å². The Labute approximate surface area is 103 Å². The molecule has 0 aromatic carbocycles. The first-order chi connectivity index (χ1) is 7.50. The molecule has 0 saturated carbocycles. The summed E-state index contributed by atoms with van der Waals surface area (Å²) in [4.78, 5) is 3.12. The predicted molar refractivity (Wildman–Crippen MR) is 72.0 cm³/mol. The van der Waals surface area contributed by atoms with Gasteiger partial charge in [-0.3, -0.25) is 0 Å². The van der Waals surface area contributed by atoms with Gasteiger partial charge in [-0.2, -0.15) is 0 Å². The number of thiophene rings is 1. The van der Waals surface area contributed by atoms with Crippen molar-refractivity contribution in [2.24, 2.45) is 17.1 Å². The summed E-state index contributed by atoms with van der Waals surface area (Å²) in [6, 6.07) is 2.41. The third-order valence-corrected chi connectivity index (χ3v) is 5.05. The van der Waals surface area contributed by atoms with Crippen molar-refractivity contribution in [2.75, 3.05) is 6.54 Å². The quantitative estimate of drug-likeness (QED) is 0.838. The van der Waals surface area contributed by atoms with E-state index in [1.165, 1.54) is 24.1 Å². The van der Waals surface area contributed by atoms with Crippen molar-refractivity contribution < 1.29 is 0 Å². The second-order valence-corrected chi connectivity index (χ2v) is 7.23. The van der Waals surface area contributed by atoms with E-state index in [1.54, 1.807) is 10.4 Å². The standard InChI is InChI=1S/C14H23NS/c1-14(2,3)11-4-5-13-10(8-11)9-12(16-13)6-7-15/h9,11H,4-8,15H2,1-3H3. The minimum absolute atomic E-state index is 0.452. The second-order valence-electron chi connectivity index (χ2n) is 6.01. The third kappa shape index (κ3) is 2.49. The van der Waals surface area contributed by atoms with Crippen molar-refractivity contribution in [3.63, 3.8) is 0 Å². The molecule has 0 spiro atoms. The normalized spacial score (nSPS) is 20.9. The summed E-state index contributed by atoms with van der Waals surface area (Å²) in [7, 11) is 0. The van der Waals surface area contributed by atoms with Gasteiger partial charge in [-0.15, -0.1) is 11.3 Å². The molecule has 0 fully saturated rings. The molecule has 1 aromatic heterocycles. The Morgan fingerprint density at radius 2 is 2.19 bits per heavy atom. The number of rotatable bonds is 2. The van der Waals surface area contributed by atoms with Crippen LogP contribution in [0.15, 0.2) is 6.07 Å². The zero-order valence-corrected chi connectivity index (χ0v) is 11.5. The minimum atomic E-state index is 0.452. The first kappa shape index (κ1) is 12.1. The Morgan fingerprint density at radius 3 is 2.81 bits per heavy atom. The van der Waals surface area contributed by atoms with Gasteiger partial charge in [0.1, 0.15) is 0 Å². The molecular weight excluding hydrogens is 214 g/mol. The number of hydrogen-bond acceptors (Lipinski definition) is 2. The fourth-order valence-corrected chi connectivity index (χ4v) is 3.82. The first-order valence-corrected chi connectivity index (χ1v) is 7.13. The van der Waals surface area contributed by atoms with Gasteiger partial charge in [-0.25, -0.2) is 0 Å². The van der Waals surface area contributed by atoms with Crippen LogP contribution in [-0.4, -0.2) is 6.54 Å². The van der Waals surface area contributed by atoms with E-state index in [-0.39, 0.29) is 0 Å². The van der Waals surface area contributed by atoms with Crippen LogP contribution in [0.25, 0.3) is 0 Å². The Hall–Kier alpha value is -0.340. The van der Waals surface area contributed by atoms with Crippen LogP contribution >= 0.6 is 11.3 Å². The van der Waals surface area contributed by atoms with E-state index < -0.39 is 0 Å². The van der Waals surface area contributed by atoms with Gasteiger partial charge in [-0.05, 0) is 55.2 Å². The third-order valence-electron chi connectivity index (χ3n) is 3.75. The molecule has 1 aliphatic rings. The summed E-state index contributed by atoms with van der Waals surface area (Å²) in [5, 5.41) is 0. The molecule has 1 heterocycles. The molecule has 2 heteroatoms. The van der Waals surface area contributed by atoms with Crippen LogP contribution in [0.2, 0.25) is 0 Å². The number of aryl methyl sites for hydroxylation is 1. The molecule has 1 aliphatic carbocycles. The summed E-state index contributed by atoms with van der Waals surface area (Å²) >= 11 is 1.99. The summed E-state index contributed by atoms with van der Waals surface area (Å²) in [5.41, 5.74) is 7.68. The van der Waals surface area contributed by atoms with Crippen LogP contribution in [0.3, 0.4) is 0 Å². The van der Waals surface area contributed by atoms with E-state index in [0.29, 0.717) is 5.41 Å². The Bertz CT molecular complexity index is 359. The summed E-state index contributed by atoms with van der Waals surface area (Å²) < 4.78 is 0. The lowest BCUT2D eigenvalue weighted by Crippen LogP contribution is -2.26. The molecule has 1 unspecified atom stereocenters. The fraction of sp³-hybridized carbons (Fsp3) is 0.714. The highest BCUT2D eigenvalue weighted by atomic mass is 32.1. The van der Waals surface area contributed by atoms with Crippen molar-refractivity contribution in [1.29, 1.82) is 0 Å². The zero-order chi connectivity index (χ0) is 11.8. The van der Waals surface area contributed by atoms with E-state index in [0.717, 1.165) is 18.9 Å². The summed E-state index contributed by atoms with van der Waals surface area (Å²) in [5.74, 6) is 0.848. The molecule has 1 nitrogen and oxygen atoms in total. The topological polar surface area (TPSA) is 26.0 Å². The average molecular weight is 237 g/mol. The average Bonchev–Trinajstić information content (AvgIpc) is 2.57. The van der Waals surface area contributed by atoms with Gasteiger partial charge in [0.05, 0.1) is 0 Å². The van der Waals surface area contributed by atoms with Gasteiger partial charge in [0.25, 0.3) is 0 Å². The SMILES string of the molecule is CC(C)(C)C1CCc2sc(CCN)cc2C1. The van der Waals surface area contributed by atoms with E-state index >= 15 is 0 Å². The van der Waals surface area contributed by atoms with Crippen LogP contribution in [0.1, 0.15) is 42.5 Å². The highest BCUT2D eigenvalue weighted by Crippen LogP contribution is 2.40. The molecule has 1 aromatic rings. The Morgan fingerprint density at radius 1 is 1.44 bits per heavy atom. The molecule has 0 bridgehead atoms. The maximum absolute atomic E-state index is 5.62. The number of fused-ring (bicyclic) bond motifs is 1. The summed E-state index contributed by atoms with van der Waals surface area (Å²) in [6.45, 7) is 7.89. The molecule has 0 amide bonds. The molecule has 1 atom stereocenters.